The standard InChI is InChI=1S/C6H11NO.CH6Si/c8-6-4-2-1-3-5-7-6;1-2/h1-5H2,(H,7,8);1-2H3. The molecule has 60 valence electrons. The Morgan fingerprint density at radius 2 is 2.00 bits per heavy atom. The van der Waals surface area contributed by atoms with Crippen molar-refractivity contribution in [3.63, 3.8) is 0 Å². The molecule has 1 heterocycles. The number of rotatable bonds is 0. The minimum absolute atomic E-state index is 0.225. The largest absolute Gasteiger partial charge is 0.356 e. The molecule has 1 amide bonds. The van der Waals surface area contributed by atoms with E-state index in [2.05, 4.69) is 11.9 Å². The zero-order valence-corrected chi connectivity index (χ0v) is 8.94. The molecule has 0 unspecified atom stereocenters. The maximum absolute atomic E-state index is 10.6. The van der Waals surface area contributed by atoms with Crippen LogP contribution in [0.25, 0.3) is 0 Å². The molecule has 1 N–H and O–H groups in total. The molecule has 0 aromatic heterocycles. The number of carbonyl (C=O) groups is 1. The Kier molecular flexibility index (Phi) is 6.59. The van der Waals surface area contributed by atoms with Crippen molar-refractivity contribution in [1.82, 2.24) is 5.32 Å². The lowest BCUT2D eigenvalue weighted by Crippen LogP contribution is -2.21. The van der Waals surface area contributed by atoms with Gasteiger partial charge in [-0.05, 0) is 23.1 Å². The van der Waals surface area contributed by atoms with Crippen molar-refractivity contribution < 1.29 is 4.79 Å². The SMILES string of the molecule is C[SiH3].O=C1CCCCCN1. The number of carbonyl (C=O) groups excluding carboxylic acids is 1. The van der Waals surface area contributed by atoms with Crippen LogP contribution in [0.3, 0.4) is 0 Å². The molecule has 0 spiro atoms. The molecule has 0 saturated carbocycles. The van der Waals surface area contributed by atoms with Gasteiger partial charge in [0.25, 0.3) is 0 Å². The van der Waals surface area contributed by atoms with Crippen molar-refractivity contribution in [2.24, 2.45) is 0 Å². The van der Waals surface area contributed by atoms with Gasteiger partial charge in [-0.15, -0.1) is 0 Å². The molecule has 1 saturated heterocycles. The van der Waals surface area contributed by atoms with Crippen LogP contribution in [0.1, 0.15) is 25.7 Å². The highest BCUT2D eigenvalue weighted by atomic mass is 28.1. The van der Waals surface area contributed by atoms with Gasteiger partial charge in [0, 0.05) is 13.0 Å². The van der Waals surface area contributed by atoms with E-state index in [9.17, 15) is 4.79 Å². The molecule has 1 rings (SSSR count). The minimum Gasteiger partial charge on any atom is -0.356 e. The van der Waals surface area contributed by atoms with Gasteiger partial charge < -0.3 is 5.32 Å². The molecule has 10 heavy (non-hydrogen) atoms. The highest BCUT2D eigenvalue weighted by Gasteiger charge is 2.03. The summed E-state index contributed by atoms with van der Waals surface area (Å²) >= 11 is 0. The molecular weight excluding hydrogens is 142 g/mol. The number of hydrogen-bond donors (Lipinski definition) is 1. The zero-order chi connectivity index (χ0) is 7.82. The predicted molar refractivity (Wildman–Crippen MR) is 47.3 cm³/mol. The lowest BCUT2D eigenvalue weighted by atomic mass is 10.2. The van der Waals surface area contributed by atoms with Gasteiger partial charge in [0.15, 0.2) is 0 Å². The van der Waals surface area contributed by atoms with Crippen molar-refractivity contribution in [3.05, 3.63) is 0 Å². The third kappa shape index (κ3) is 4.55. The first kappa shape index (κ1) is 9.69. The van der Waals surface area contributed by atoms with E-state index in [1.165, 1.54) is 16.7 Å². The third-order valence-corrected chi connectivity index (χ3v) is 1.40. The second-order valence-corrected chi connectivity index (χ2v) is 2.16. The van der Waals surface area contributed by atoms with Crippen molar-refractivity contribution >= 4 is 16.1 Å². The fourth-order valence-corrected chi connectivity index (χ4v) is 0.904. The summed E-state index contributed by atoms with van der Waals surface area (Å²) in [6, 6.07) is 0. The zero-order valence-electron chi connectivity index (χ0n) is 6.94. The molecule has 0 aliphatic carbocycles. The number of hydrogen-bond acceptors (Lipinski definition) is 1. The third-order valence-electron chi connectivity index (χ3n) is 1.40. The average Bonchev–Trinajstić information content (AvgIpc) is 2.21. The summed E-state index contributed by atoms with van der Waals surface area (Å²) in [5.74, 6) is 0.225. The summed E-state index contributed by atoms with van der Waals surface area (Å²) in [6.45, 7) is 3.03. The van der Waals surface area contributed by atoms with Gasteiger partial charge in [-0.1, -0.05) is 13.0 Å². The van der Waals surface area contributed by atoms with E-state index in [0.29, 0.717) is 0 Å². The van der Waals surface area contributed by atoms with Crippen LogP contribution in [0.4, 0.5) is 0 Å². The van der Waals surface area contributed by atoms with Gasteiger partial charge in [-0.25, -0.2) is 0 Å². The summed E-state index contributed by atoms with van der Waals surface area (Å²) in [4.78, 5) is 10.6. The molecule has 1 fully saturated rings. The molecule has 2 nitrogen and oxygen atoms in total. The second kappa shape index (κ2) is 6.80. The maximum Gasteiger partial charge on any atom is 0.219 e. The Hall–Kier alpha value is -0.313. The highest BCUT2D eigenvalue weighted by Crippen LogP contribution is 2.02. The molecular formula is C7H17NOSi. The minimum atomic E-state index is 0.225. The highest BCUT2D eigenvalue weighted by molar-refractivity contribution is 6.05. The summed E-state index contributed by atoms with van der Waals surface area (Å²) in [7, 11) is 1.31. The second-order valence-electron chi connectivity index (χ2n) is 2.16. The Morgan fingerprint density at radius 3 is 2.70 bits per heavy atom. The van der Waals surface area contributed by atoms with Crippen LogP contribution in [0.5, 0.6) is 0 Å². The molecule has 0 radical (unpaired) electrons. The maximum atomic E-state index is 10.6. The number of amides is 1. The lowest BCUT2D eigenvalue weighted by Gasteiger charge is -1.93. The van der Waals surface area contributed by atoms with Gasteiger partial charge in [0.05, 0.1) is 0 Å². The molecule has 0 bridgehead atoms. The Balaban J connectivity index is 0.000000371. The van der Waals surface area contributed by atoms with Crippen LogP contribution in [-0.4, -0.2) is 22.7 Å². The molecule has 3 heteroatoms. The predicted octanol–water partition coefficient (Wildman–Crippen LogP) is 0.0765. The van der Waals surface area contributed by atoms with E-state index in [1.54, 1.807) is 0 Å². The van der Waals surface area contributed by atoms with Gasteiger partial charge in [0.2, 0.25) is 5.91 Å². The molecule has 1 aliphatic rings. The van der Waals surface area contributed by atoms with Crippen molar-refractivity contribution in [3.8, 4) is 0 Å². The van der Waals surface area contributed by atoms with E-state index in [1.807, 2.05) is 0 Å². The van der Waals surface area contributed by atoms with E-state index >= 15 is 0 Å². The Morgan fingerprint density at radius 1 is 1.30 bits per heavy atom. The summed E-state index contributed by atoms with van der Waals surface area (Å²) in [5, 5.41) is 2.81. The van der Waals surface area contributed by atoms with Crippen LogP contribution in [-0.2, 0) is 4.79 Å². The molecule has 0 aromatic rings. The Bertz CT molecular complexity index is 85.6. The van der Waals surface area contributed by atoms with Crippen LogP contribution in [0.15, 0.2) is 0 Å². The summed E-state index contributed by atoms with van der Waals surface area (Å²) in [6.07, 6.45) is 4.18. The first-order valence-corrected chi connectivity index (χ1v) is 6.16. The summed E-state index contributed by atoms with van der Waals surface area (Å²) < 4.78 is 0. The topological polar surface area (TPSA) is 29.1 Å². The lowest BCUT2D eigenvalue weighted by molar-refractivity contribution is -0.120. The average molecular weight is 159 g/mol. The monoisotopic (exact) mass is 159 g/mol. The van der Waals surface area contributed by atoms with Gasteiger partial charge in [0.1, 0.15) is 0 Å². The smallest absolute Gasteiger partial charge is 0.219 e. The normalized spacial score (nSPS) is 18.3. The van der Waals surface area contributed by atoms with Crippen molar-refractivity contribution in [2.45, 2.75) is 32.2 Å². The van der Waals surface area contributed by atoms with Gasteiger partial charge in [-0.2, -0.15) is 0 Å². The molecule has 0 atom stereocenters. The van der Waals surface area contributed by atoms with E-state index in [-0.39, 0.29) is 5.91 Å². The molecule has 1 aliphatic heterocycles. The fourth-order valence-electron chi connectivity index (χ4n) is 0.904. The van der Waals surface area contributed by atoms with E-state index in [0.717, 1.165) is 25.8 Å². The van der Waals surface area contributed by atoms with Crippen molar-refractivity contribution in [1.29, 1.82) is 0 Å². The van der Waals surface area contributed by atoms with E-state index < -0.39 is 0 Å². The fraction of sp³-hybridized carbons (Fsp3) is 0.857. The first-order valence-electron chi connectivity index (χ1n) is 4.16. The van der Waals surface area contributed by atoms with Crippen LogP contribution < -0.4 is 5.32 Å². The van der Waals surface area contributed by atoms with Crippen LogP contribution in [0, 0.1) is 0 Å². The van der Waals surface area contributed by atoms with Crippen LogP contribution >= 0.6 is 0 Å². The van der Waals surface area contributed by atoms with Crippen LogP contribution in [0.2, 0.25) is 6.55 Å². The van der Waals surface area contributed by atoms with Gasteiger partial charge >= 0.3 is 0 Å². The number of nitrogens with one attached hydrogen (secondary N) is 1. The van der Waals surface area contributed by atoms with Crippen molar-refractivity contribution in [2.75, 3.05) is 6.54 Å². The first-order chi connectivity index (χ1) is 4.89. The molecule has 0 aromatic carbocycles. The van der Waals surface area contributed by atoms with E-state index in [4.69, 9.17) is 0 Å². The quantitative estimate of drug-likeness (QED) is 0.498. The Labute approximate surface area is 65.8 Å². The summed E-state index contributed by atoms with van der Waals surface area (Å²) in [5.41, 5.74) is 0. The van der Waals surface area contributed by atoms with Gasteiger partial charge in [-0.3, -0.25) is 4.79 Å².